The molecule has 7 heteroatoms. The maximum absolute atomic E-state index is 11.9. The molecule has 0 aliphatic carbocycles. The van der Waals surface area contributed by atoms with Crippen molar-refractivity contribution in [3.05, 3.63) is 11.3 Å². The Morgan fingerprint density at radius 2 is 2.14 bits per heavy atom. The SMILES string of the molecule is CCOC(=O)C1=C(CN(C)CCCCCO)NC(=O)NC1. The molecule has 1 heterocycles. The van der Waals surface area contributed by atoms with Gasteiger partial charge in [-0.15, -0.1) is 0 Å². The van der Waals surface area contributed by atoms with E-state index in [0.29, 0.717) is 24.4 Å². The van der Waals surface area contributed by atoms with Crippen molar-refractivity contribution in [1.82, 2.24) is 15.5 Å². The summed E-state index contributed by atoms with van der Waals surface area (Å²) in [5.41, 5.74) is 1.07. The van der Waals surface area contributed by atoms with Gasteiger partial charge in [0.05, 0.1) is 18.7 Å². The Labute approximate surface area is 125 Å². The van der Waals surface area contributed by atoms with E-state index in [1.807, 2.05) is 11.9 Å². The molecule has 1 rings (SSSR count). The molecule has 0 saturated heterocycles. The van der Waals surface area contributed by atoms with E-state index in [9.17, 15) is 9.59 Å². The number of unbranched alkanes of at least 4 members (excludes halogenated alkanes) is 2. The number of esters is 1. The highest BCUT2D eigenvalue weighted by atomic mass is 16.5. The molecule has 0 bridgehead atoms. The standard InChI is InChI=1S/C14H25N3O4/c1-3-21-13(19)11-9-15-14(20)16-12(11)10-17(2)7-5-4-6-8-18/h18H,3-10H2,1-2H3,(H2,15,16,20). The third-order valence-electron chi connectivity index (χ3n) is 3.20. The minimum atomic E-state index is -0.395. The van der Waals surface area contributed by atoms with Crippen LogP contribution in [0.4, 0.5) is 4.79 Å². The maximum Gasteiger partial charge on any atom is 0.337 e. The van der Waals surface area contributed by atoms with Crippen LogP contribution in [-0.2, 0) is 9.53 Å². The molecule has 0 aromatic carbocycles. The van der Waals surface area contributed by atoms with E-state index >= 15 is 0 Å². The van der Waals surface area contributed by atoms with Crippen molar-refractivity contribution < 1.29 is 19.4 Å². The van der Waals surface area contributed by atoms with Crippen LogP contribution < -0.4 is 10.6 Å². The number of hydrogen-bond acceptors (Lipinski definition) is 5. The molecule has 120 valence electrons. The smallest absolute Gasteiger partial charge is 0.337 e. The summed E-state index contributed by atoms with van der Waals surface area (Å²) >= 11 is 0. The van der Waals surface area contributed by atoms with Gasteiger partial charge in [-0.3, -0.25) is 0 Å². The van der Waals surface area contributed by atoms with Crippen molar-refractivity contribution in [2.24, 2.45) is 0 Å². The predicted molar refractivity (Wildman–Crippen MR) is 78.6 cm³/mol. The first-order valence-corrected chi connectivity index (χ1v) is 7.31. The molecular formula is C14H25N3O4. The number of carbonyl (C=O) groups is 2. The summed E-state index contributed by atoms with van der Waals surface area (Å²) in [5, 5.41) is 14.0. The first kappa shape index (κ1) is 17.5. The van der Waals surface area contributed by atoms with Gasteiger partial charge >= 0.3 is 12.0 Å². The van der Waals surface area contributed by atoms with Gasteiger partial charge in [0.2, 0.25) is 0 Å². The van der Waals surface area contributed by atoms with E-state index < -0.39 is 5.97 Å². The monoisotopic (exact) mass is 299 g/mol. The van der Waals surface area contributed by atoms with Crippen LogP contribution in [0.15, 0.2) is 11.3 Å². The number of hydrogen-bond donors (Lipinski definition) is 3. The van der Waals surface area contributed by atoms with Gasteiger partial charge in [-0.25, -0.2) is 9.59 Å². The molecule has 0 aromatic rings. The summed E-state index contributed by atoms with van der Waals surface area (Å²) in [4.78, 5) is 25.3. The third-order valence-corrected chi connectivity index (χ3v) is 3.20. The van der Waals surface area contributed by atoms with Gasteiger partial charge in [-0.2, -0.15) is 0 Å². The summed E-state index contributed by atoms with van der Waals surface area (Å²) in [7, 11) is 1.93. The van der Waals surface area contributed by atoms with Gasteiger partial charge in [0.25, 0.3) is 0 Å². The topological polar surface area (TPSA) is 90.9 Å². The fourth-order valence-electron chi connectivity index (χ4n) is 2.10. The van der Waals surface area contributed by atoms with E-state index in [2.05, 4.69) is 10.6 Å². The highest BCUT2D eigenvalue weighted by Gasteiger charge is 2.24. The van der Waals surface area contributed by atoms with Crippen molar-refractivity contribution >= 4 is 12.0 Å². The number of rotatable bonds is 9. The van der Waals surface area contributed by atoms with Gasteiger partial charge in [0.1, 0.15) is 0 Å². The molecule has 0 spiro atoms. The van der Waals surface area contributed by atoms with Gasteiger partial charge in [-0.1, -0.05) is 0 Å². The Hall–Kier alpha value is -1.60. The number of nitrogens with zero attached hydrogens (tertiary/aromatic N) is 1. The van der Waals surface area contributed by atoms with Crippen LogP contribution in [0, 0.1) is 0 Å². The van der Waals surface area contributed by atoms with Gasteiger partial charge in [0.15, 0.2) is 0 Å². The fourth-order valence-corrected chi connectivity index (χ4v) is 2.10. The van der Waals surface area contributed by atoms with E-state index in [4.69, 9.17) is 9.84 Å². The summed E-state index contributed by atoms with van der Waals surface area (Å²) in [6.07, 6.45) is 2.72. The lowest BCUT2D eigenvalue weighted by atomic mass is 10.1. The molecule has 0 unspecified atom stereocenters. The molecule has 0 radical (unpaired) electrons. The minimum Gasteiger partial charge on any atom is -0.463 e. The zero-order chi connectivity index (χ0) is 15.7. The lowest BCUT2D eigenvalue weighted by Gasteiger charge is -2.25. The molecule has 0 saturated carbocycles. The molecule has 1 aliphatic heterocycles. The first-order chi connectivity index (χ1) is 10.1. The summed E-state index contributed by atoms with van der Waals surface area (Å²) < 4.78 is 5.01. The van der Waals surface area contributed by atoms with Crippen molar-refractivity contribution in [3.63, 3.8) is 0 Å². The molecule has 7 nitrogen and oxygen atoms in total. The second-order valence-corrected chi connectivity index (χ2v) is 5.01. The van der Waals surface area contributed by atoms with E-state index in [1.54, 1.807) is 6.92 Å². The van der Waals surface area contributed by atoms with Crippen LogP contribution in [0.2, 0.25) is 0 Å². The van der Waals surface area contributed by atoms with Crippen LogP contribution in [0.3, 0.4) is 0 Å². The lowest BCUT2D eigenvalue weighted by molar-refractivity contribution is -0.138. The largest absolute Gasteiger partial charge is 0.463 e. The summed E-state index contributed by atoms with van der Waals surface area (Å²) in [5.74, 6) is -0.395. The Bertz CT molecular complexity index is 396. The van der Waals surface area contributed by atoms with E-state index in [1.165, 1.54) is 0 Å². The van der Waals surface area contributed by atoms with Crippen molar-refractivity contribution in [1.29, 1.82) is 0 Å². The van der Waals surface area contributed by atoms with Crippen molar-refractivity contribution in [3.8, 4) is 0 Å². The molecule has 2 amide bonds. The zero-order valence-electron chi connectivity index (χ0n) is 12.8. The molecule has 21 heavy (non-hydrogen) atoms. The molecule has 3 N–H and O–H groups in total. The number of amides is 2. The average molecular weight is 299 g/mol. The zero-order valence-corrected chi connectivity index (χ0v) is 12.8. The van der Waals surface area contributed by atoms with Crippen LogP contribution in [0.1, 0.15) is 26.2 Å². The molecule has 0 aromatic heterocycles. The number of ether oxygens (including phenoxy) is 1. The highest BCUT2D eigenvalue weighted by Crippen LogP contribution is 2.10. The van der Waals surface area contributed by atoms with Gasteiger partial charge in [0, 0.05) is 18.8 Å². The van der Waals surface area contributed by atoms with Crippen molar-refractivity contribution in [2.45, 2.75) is 26.2 Å². The average Bonchev–Trinajstić information content (AvgIpc) is 2.44. The van der Waals surface area contributed by atoms with Crippen LogP contribution in [-0.4, -0.2) is 61.9 Å². The molecule has 0 fully saturated rings. The second-order valence-electron chi connectivity index (χ2n) is 5.01. The van der Waals surface area contributed by atoms with Crippen molar-refractivity contribution in [2.75, 3.05) is 39.9 Å². The number of aliphatic hydroxyl groups excluding tert-OH is 1. The van der Waals surface area contributed by atoms with Crippen LogP contribution in [0.25, 0.3) is 0 Å². The maximum atomic E-state index is 11.9. The Kier molecular flexibility index (Phi) is 7.78. The Morgan fingerprint density at radius 3 is 2.81 bits per heavy atom. The Balaban J connectivity index is 2.60. The highest BCUT2D eigenvalue weighted by molar-refractivity contribution is 5.93. The fraction of sp³-hybridized carbons (Fsp3) is 0.714. The van der Waals surface area contributed by atoms with Gasteiger partial charge < -0.3 is 25.4 Å². The number of aliphatic hydroxyl groups is 1. The normalized spacial score (nSPS) is 15.0. The number of urea groups is 1. The third kappa shape index (κ3) is 6.14. The Morgan fingerprint density at radius 1 is 1.38 bits per heavy atom. The quantitative estimate of drug-likeness (QED) is 0.418. The molecular weight excluding hydrogens is 274 g/mol. The first-order valence-electron chi connectivity index (χ1n) is 7.31. The summed E-state index contributed by atoms with van der Waals surface area (Å²) in [6, 6.07) is -0.299. The minimum absolute atomic E-state index is 0.193. The van der Waals surface area contributed by atoms with Crippen LogP contribution >= 0.6 is 0 Å². The number of carbonyl (C=O) groups excluding carboxylic acids is 2. The molecule has 0 atom stereocenters. The van der Waals surface area contributed by atoms with E-state index in [-0.39, 0.29) is 19.2 Å². The second kappa shape index (κ2) is 9.36. The molecule has 1 aliphatic rings. The number of nitrogens with one attached hydrogen (secondary N) is 2. The van der Waals surface area contributed by atoms with Crippen LogP contribution in [0.5, 0.6) is 0 Å². The van der Waals surface area contributed by atoms with E-state index in [0.717, 1.165) is 25.8 Å². The summed E-state index contributed by atoms with van der Waals surface area (Å²) in [6.45, 7) is 3.78. The lowest BCUT2D eigenvalue weighted by Crippen LogP contribution is -2.46. The predicted octanol–water partition coefficient (Wildman–Crippen LogP) is 0.211. The number of likely N-dealkylation sites (N-methyl/N-ethyl adjacent to an activating group) is 1. The van der Waals surface area contributed by atoms with Gasteiger partial charge in [-0.05, 0) is 39.8 Å².